The van der Waals surface area contributed by atoms with E-state index in [2.05, 4.69) is 17.2 Å². The molecule has 0 unspecified atom stereocenters. The number of hydrogen-bond acceptors (Lipinski definition) is 5. The zero-order chi connectivity index (χ0) is 23.7. The highest BCUT2D eigenvalue weighted by atomic mass is 16.6. The molecule has 34 heavy (non-hydrogen) atoms. The number of nitrogens with zero attached hydrogens (tertiary/aromatic N) is 5. The molecule has 5 aromatic rings. The molecule has 0 fully saturated rings. The fourth-order valence-corrected chi connectivity index (χ4v) is 4.22. The molecule has 2 aromatic heterocycles. The summed E-state index contributed by atoms with van der Waals surface area (Å²) in [4.78, 5) is 5.83. The van der Waals surface area contributed by atoms with Gasteiger partial charge in [0.2, 0.25) is 0 Å². The number of para-hydroxylation sites is 1. The van der Waals surface area contributed by atoms with Crippen molar-refractivity contribution in [2.75, 3.05) is 14.2 Å². The van der Waals surface area contributed by atoms with E-state index in [9.17, 15) is 10.5 Å². The summed E-state index contributed by atoms with van der Waals surface area (Å²) < 4.78 is 8.88. The van der Waals surface area contributed by atoms with Gasteiger partial charge in [0.15, 0.2) is 0 Å². The normalized spacial score (nSPS) is 10.6. The van der Waals surface area contributed by atoms with Crippen molar-refractivity contribution < 1.29 is 9.57 Å². The molecule has 0 aliphatic carbocycles. The van der Waals surface area contributed by atoms with E-state index in [1.807, 2.05) is 65.3 Å². The van der Waals surface area contributed by atoms with E-state index in [-0.39, 0.29) is 5.56 Å². The highest BCUT2D eigenvalue weighted by molar-refractivity contribution is 6.05. The summed E-state index contributed by atoms with van der Waals surface area (Å²) in [6.07, 6.45) is 1.74. The molecule has 0 aliphatic rings. The van der Waals surface area contributed by atoms with Gasteiger partial charge in [-0.15, -0.1) is 0 Å². The minimum absolute atomic E-state index is 0.287. The van der Waals surface area contributed by atoms with Gasteiger partial charge in [-0.25, -0.2) is 4.68 Å². The minimum Gasteiger partial charge on any atom is -0.497 e. The summed E-state index contributed by atoms with van der Waals surface area (Å²) in [6, 6.07) is 27.1. The van der Waals surface area contributed by atoms with Gasteiger partial charge in [0.1, 0.15) is 25.0 Å². The van der Waals surface area contributed by atoms with Crippen molar-refractivity contribution in [1.29, 1.82) is 10.5 Å². The molecule has 5 rings (SSSR count). The van der Waals surface area contributed by atoms with Gasteiger partial charge in [0.05, 0.1) is 47.0 Å². The van der Waals surface area contributed by atoms with Crippen LogP contribution in [0.4, 0.5) is 0 Å². The van der Waals surface area contributed by atoms with E-state index in [1.165, 1.54) is 0 Å². The van der Waals surface area contributed by atoms with Crippen LogP contribution in [0.15, 0.2) is 79.0 Å². The summed E-state index contributed by atoms with van der Waals surface area (Å²) in [7, 11) is 3.20. The van der Waals surface area contributed by atoms with E-state index in [0.717, 1.165) is 39.3 Å². The van der Waals surface area contributed by atoms with Gasteiger partial charge in [-0.1, -0.05) is 18.2 Å². The Hall–Kier alpha value is -5.01. The highest BCUT2D eigenvalue weighted by Gasteiger charge is 2.25. The van der Waals surface area contributed by atoms with E-state index in [4.69, 9.17) is 9.57 Å². The zero-order valence-corrected chi connectivity index (χ0v) is 18.6. The van der Waals surface area contributed by atoms with Crippen LogP contribution in [0.3, 0.4) is 0 Å². The number of nitriles is 2. The summed E-state index contributed by atoms with van der Waals surface area (Å²) in [6.45, 7) is 0. The number of methoxy groups -OCH3 is 1. The maximum atomic E-state index is 9.70. The van der Waals surface area contributed by atoms with Crippen molar-refractivity contribution in [1.82, 2.24) is 14.5 Å². The number of aromatic nitrogens is 3. The smallest absolute Gasteiger partial charge is 0.118 e. The molecule has 0 atom stereocenters. The molecule has 0 spiro atoms. The third-order valence-electron chi connectivity index (χ3n) is 5.75. The molecule has 0 saturated carbocycles. The van der Waals surface area contributed by atoms with Gasteiger partial charge >= 0.3 is 0 Å². The third-order valence-corrected chi connectivity index (χ3v) is 5.75. The van der Waals surface area contributed by atoms with Gasteiger partial charge < -0.3 is 9.57 Å². The minimum atomic E-state index is 0.287. The second-order valence-electron chi connectivity index (χ2n) is 7.53. The quantitative estimate of drug-likeness (QED) is 0.381. The number of fused-ring (bicyclic) bond motifs is 1. The molecule has 0 saturated heterocycles. The fraction of sp³-hybridized carbons (Fsp3) is 0.0741. The maximum Gasteiger partial charge on any atom is 0.118 e. The van der Waals surface area contributed by atoms with Crippen LogP contribution in [0.5, 0.6) is 5.75 Å². The number of benzene rings is 3. The van der Waals surface area contributed by atoms with Gasteiger partial charge in [-0.3, -0.25) is 0 Å². The standard InChI is InChI=1S/C27H19N5O2/c1-33-22-10-8-18(9-11-22)27-26(24-12-13-30-31(24)21-6-4-3-5-7-21)23-14-19(16-28)20(17-29)15-25(23)32(27)34-2/h3-15H,1-2H3. The first-order chi connectivity index (χ1) is 16.7. The van der Waals surface area contributed by atoms with Crippen LogP contribution < -0.4 is 9.57 Å². The summed E-state index contributed by atoms with van der Waals surface area (Å²) in [5.41, 5.74) is 5.49. The van der Waals surface area contributed by atoms with E-state index in [0.29, 0.717) is 11.1 Å². The molecule has 0 amide bonds. The highest BCUT2D eigenvalue weighted by Crippen LogP contribution is 2.42. The molecule has 0 bridgehead atoms. The van der Waals surface area contributed by atoms with Crippen molar-refractivity contribution in [2.24, 2.45) is 0 Å². The van der Waals surface area contributed by atoms with Gasteiger partial charge in [-0.2, -0.15) is 20.4 Å². The van der Waals surface area contributed by atoms with E-state index < -0.39 is 0 Å². The Morgan fingerprint density at radius 2 is 1.56 bits per heavy atom. The molecule has 0 radical (unpaired) electrons. The lowest BCUT2D eigenvalue weighted by Gasteiger charge is -2.13. The lowest BCUT2D eigenvalue weighted by Crippen LogP contribution is -2.08. The Morgan fingerprint density at radius 3 is 2.21 bits per heavy atom. The van der Waals surface area contributed by atoms with E-state index in [1.54, 1.807) is 37.3 Å². The summed E-state index contributed by atoms with van der Waals surface area (Å²) in [5, 5.41) is 24.7. The average molecular weight is 445 g/mol. The Morgan fingerprint density at radius 1 is 0.853 bits per heavy atom. The monoisotopic (exact) mass is 445 g/mol. The van der Waals surface area contributed by atoms with Crippen LogP contribution in [0.25, 0.3) is 39.1 Å². The Balaban J connectivity index is 1.91. The molecular weight excluding hydrogens is 426 g/mol. The second kappa shape index (κ2) is 8.50. The van der Waals surface area contributed by atoms with Crippen molar-refractivity contribution >= 4 is 10.9 Å². The van der Waals surface area contributed by atoms with E-state index >= 15 is 0 Å². The Kier molecular flexibility index (Phi) is 5.21. The zero-order valence-electron chi connectivity index (χ0n) is 18.6. The fourth-order valence-electron chi connectivity index (χ4n) is 4.22. The Labute approximate surface area is 196 Å². The van der Waals surface area contributed by atoms with Crippen LogP contribution in [-0.2, 0) is 0 Å². The summed E-state index contributed by atoms with van der Waals surface area (Å²) in [5.74, 6) is 0.734. The number of rotatable bonds is 5. The van der Waals surface area contributed by atoms with Gasteiger partial charge in [0.25, 0.3) is 0 Å². The van der Waals surface area contributed by atoms with Crippen LogP contribution in [0, 0.1) is 22.7 Å². The Bertz CT molecular complexity index is 1580. The largest absolute Gasteiger partial charge is 0.497 e. The van der Waals surface area contributed by atoms with Crippen LogP contribution in [0.1, 0.15) is 11.1 Å². The third kappa shape index (κ3) is 3.24. The van der Waals surface area contributed by atoms with Crippen LogP contribution in [-0.4, -0.2) is 28.7 Å². The van der Waals surface area contributed by atoms with Crippen LogP contribution in [0.2, 0.25) is 0 Å². The molecule has 164 valence electrons. The lowest BCUT2D eigenvalue weighted by molar-refractivity contribution is 0.183. The molecule has 2 heterocycles. The van der Waals surface area contributed by atoms with Gasteiger partial charge in [0, 0.05) is 16.5 Å². The molecule has 3 aromatic carbocycles. The average Bonchev–Trinajstić information content (AvgIpc) is 3.50. The molecule has 7 nitrogen and oxygen atoms in total. The predicted molar refractivity (Wildman–Crippen MR) is 128 cm³/mol. The van der Waals surface area contributed by atoms with Crippen LogP contribution >= 0.6 is 0 Å². The molecule has 7 heteroatoms. The topological polar surface area (TPSA) is 88.8 Å². The number of ether oxygens (including phenoxy) is 1. The van der Waals surface area contributed by atoms with Crippen molar-refractivity contribution in [3.63, 3.8) is 0 Å². The first kappa shape index (κ1) is 20.9. The second-order valence-corrected chi connectivity index (χ2v) is 7.53. The van der Waals surface area contributed by atoms with Crippen molar-refractivity contribution in [3.05, 3.63) is 90.1 Å². The predicted octanol–water partition coefficient (Wildman–Crippen LogP) is 4.97. The maximum absolute atomic E-state index is 9.70. The van der Waals surface area contributed by atoms with Gasteiger partial charge in [-0.05, 0) is 54.6 Å². The molecule has 0 aliphatic heterocycles. The first-order valence-corrected chi connectivity index (χ1v) is 10.5. The number of hydrogen-bond donors (Lipinski definition) is 0. The molecule has 0 N–H and O–H groups in total. The lowest BCUT2D eigenvalue weighted by atomic mass is 9.99. The SMILES string of the molecule is COc1ccc(-c2c(-c3ccnn3-c3ccccc3)c3cc(C#N)c(C#N)cc3n2OC)cc1. The first-order valence-electron chi connectivity index (χ1n) is 10.5. The van der Waals surface area contributed by atoms with Crippen molar-refractivity contribution in [2.45, 2.75) is 0 Å². The summed E-state index contributed by atoms with van der Waals surface area (Å²) >= 11 is 0. The molecular formula is C27H19N5O2. The van der Waals surface area contributed by atoms with Crippen molar-refractivity contribution in [3.8, 4) is 46.1 Å².